The monoisotopic (exact) mass is 318 g/mol. The Balaban J connectivity index is 1.94. The molecule has 0 fully saturated rings. The number of nitrogens with one attached hydrogen (secondary N) is 2. The van der Waals surface area contributed by atoms with Gasteiger partial charge in [-0.15, -0.1) is 0 Å². The van der Waals surface area contributed by atoms with Crippen LogP contribution < -0.4 is 22.1 Å². The van der Waals surface area contributed by atoms with Crippen LogP contribution in [0.15, 0.2) is 70.9 Å². The number of benzene rings is 2. The van der Waals surface area contributed by atoms with Crippen molar-refractivity contribution >= 4 is 46.6 Å². The van der Waals surface area contributed by atoms with E-state index in [0.717, 1.165) is 22.7 Å². The van der Waals surface area contributed by atoms with Gasteiger partial charge in [0.2, 0.25) is 0 Å². The predicted octanol–water partition coefficient (Wildman–Crippen LogP) is 3.82. The minimum absolute atomic E-state index is 0.670. The number of nitrogen functional groups attached to an aromatic ring is 2. The van der Waals surface area contributed by atoms with Crippen LogP contribution >= 0.6 is 0 Å². The third kappa shape index (κ3) is 3.80. The van der Waals surface area contributed by atoms with Crippen molar-refractivity contribution in [3.05, 3.63) is 61.0 Å². The SMILES string of the molecule is Nc1ccc2c(c1)N/C=C\C=Nc1ccc(N)cc1N/C=C\C=N2. The molecule has 0 aromatic heterocycles. The van der Waals surface area contributed by atoms with Gasteiger partial charge >= 0.3 is 0 Å². The molecule has 3 rings (SSSR count). The summed E-state index contributed by atoms with van der Waals surface area (Å²) in [6.45, 7) is 0. The summed E-state index contributed by atoms with van der Waals surface area (Å²) in [5.74, 6) is 0. The Labute approximate surface area is 140 Å². The van der Waals surface area contributed by atoms with Crippen LogP contribution in [0.3, 0.4) is 0 Å². The quantitative estimate of drug-likeness (QED) is 0.555. The van der Waals surface area contributed by atoms with E-state index >= 15 is 0 Å². The molecule has 1 heterocycles. The summed E-state index contributed by atoms with van der Waals surface area (Å²) in [4.78, 5) is 8.85. The summed E-state index contributed by atoms with van der Waals surface area (Å²) in [6, 6.07) is 11.0. The van der Waals surface area contributed by atoms with E-state index in [0.29, 0.717) is 11.4 Å². The summed E-state index contributed by atoms with van der Waals surface area (Å²) in [7, 11) is 0. The largest absolute Gasteiger partial charge is 0.399 e. The van der Waals surface area contributed by atoms with Gasteiger partial charge in [0.25, 0.3) is 0 Å². The summed E-state index contributed by atoms with van der Waals surface area (Å²) >= 11 is 0. The molecule has 1 aliphatic rings. The summed E-state index contributed by atoms with van der Waals surface area (Å²) in [5, 5.41) is 6.33. The van der Waals surface area contributed by atoms with Gasteiger partial charge in [-0.2, -0.15) is 0 Å². The van der Waals surface area contributed by atoms with Gasteiger partial charge in [0.05, 0.1) is 22.7 Å². The van der Waals surface area contributed by atoms with Crippen LogP contribution in [0.5, 0.6) is 0 Å². The number of hydrogen-bond acceptors (Lipinski definition) is 6. The molecule has 24 heavy (non-hydrogen) atoms. The first-order chi connectivity index (χ1) is 11.7. The van der Waals surface area contributed by atoms with E-state index in [2.05, 4.69) is 20.6 Å². The molecule has 0 unspecified atom stereocenters. The highest BCUT2D eigenvalue weighted by atomic mass is 14.9. The second-order valence-corrected chi connectivity index (χ2v) is 5.12. The molecule has 0 bridgehead atoms. The fraction of sp³-hybridized carbons (Fsp3) is 0. The number of fused-ring (bicyclic) bond motifs is 2. The standard InChI is InChI=1S/C18H18N6/c19-13-4-6-16-17(11-13)23-9-1-7-21-15-5-3-14(20)12-18(15)24-10-2-8-22-16/h1-12,23-24H,19-20H2/b9-1-,10-2-,21-7?,22-8?. The highest BCUT2D eigenvalue weighted by molar-refractivity contribution is 5.83. The molecule has 2 aromatic rings. The van der Waals surface area contributed by atoms with Gasteiger partial charge in [0.15, 0.2) is 0 Å². The number of nitrogens with two attached hydrogens (primary N) is 2. The Hall–Kier alpha value is -3.54. The van der Waals surface area contributed by atoms with Crippen molar-refractivity contribution in [3.63, 3.8) is 0 Å². The second-order valence-electron chi connectivity index (χ2n) is 5.12. The molecule has 0 spiro atoms. The second kappa shape index (κ2) is 7.15. The highest BCUT2D eigenvalue weighted by Gasteiger charge is 2.01. The lowest BCUT2D eigenvalue weighted by Crippen LogP contribution is -1.93. The zero-order valence-electron chi connectivity index (χ0n) is 13.0. The Morgan fingerprint density at radius 2 is 1.12 bits per heavy atom. The van der Waals surface area contributed by atoms with Gasteiger partial charge in [0, 0.05) is 36.2 Å². The molecular formula is C18H18N6. The van der Waals surface area contributed by atoms with E-state index < -0.39 is 0 Å². The Bertz CT molecular complexity index is 777. The summed E-state index contributed by atoms with van der Waals surface area (Å²) < 4.78 is 0. The maximum absolute atomic E-state index is 5.83. The van der Waals surface area contributed by atoms with E-state index in [9.17, 15) is 0 Å². The number of nitrogens with zero attached hydrogens (tertiary/aromatic N) is 2. The summed E-state index contributed by atoms with van der Waals surface area (Å²) in [5.41, 5.74) is 16.2. The topological polar surface area (TPSA) is 101 Å². The first kappa shape index (κ1) is 15.4. The maximum Gasteiger partial charge on any atom is 0.0865 e. The lowest BCUT2D eigenvalue weighted by molar-refractivity contribution is 1.48. The molecule has 6 N–H and O–H groups in total. The average Bonchev–Trinajstić information content (AvgIpc) is 2.57. The van der Waals surface area contributed by atoms with Crippen LogP contribution in [-0.4, -0.2) is 12.4 Å². The fourth-order valence-electron chi connectivity index (χ4n) is 2.17. The van der Waals surface area contributed by atoms with Crippen LogP contribution in [0.4, 0.5) is 34.1 Å². The predicted molar refractivity (Wildman–Crippen MR) is 104 cm³/mol. The average molecular weight is 318 g/mol. The first-order valence-corrected chi connectivity index (χ1v) is 7.43. The smallest absolute Gasteiger partial charge is 0.0865 e. The number of aliphatic imine (C=N–C) groups is 2. The normalized spacial score (nSPS) is 16.0. The van der Waals surface area contributed by atoms with Crippen molar-refractivity contribution in [2.45, 2.75) is 0 Å². The summed E-state index contributed by atoms with van der Waals surface area (Å²) in [6.07, 6.45) is 10.6. The third-order valence-corrected chi connectivity index (χ3v) is 3.31. The first-order valence-electron chi connectivity index (χ1n) is 7.43. The number of rotatable bonds is 0. The van der Waals surface area contributed by atoms with Crippen LogP contribution in [-0.2, 0) is 0 Å². The van der Waals surface area contributed by atoms with E-state index in [1.54, 1.807) is 37.0 Å². The van der Waals surface area contributed by atoms with Gasteiger partial charge in [0.1, 0.15) is 0 Å². The molecule has 120 valence electrons. The van der Waals surface area contributed by atoms with Crippen LogP contribution in [0.25, 0.3) is 0 Å². The molecule has 0 saturated heterocycles. The molecular weight excluding hydrogens is 300 g/mol. The zero-order valence-corrected chi connectivity index (χ0v) is 13.0. The third-order valence-electron chi connectivity index (χ3n) is 3.31. The Morgan fingerprint density at radius 1 is 0.667 bits per heavy atom. The van der Waals surface area contributed by atoms with E-state index in [1.807, 2.05) is 36.4 Å². The molecule has 6 heteroatoms. The van der Waals surface area contributed by atoms with Crippen molar-refractivity contribution in [1.82, 2.24) is 0 Å². The van der Waals surface area contributed by atoms with Crippen molar-refractivity contribution in [2.24, 2.45) is 9.98 Å². The fourth-order valence-corrected chi connectivity index (χ4v) is 2.17. The lowest BCUT2D eigenvalue weighted by Gasteiger charge is -2.07. The van der Waals surface area contributed by atoms with Crippen molar-refractivity contribution < 1.29 is 0 Å². The van der Waals surface area contributed by atoms with Gasteiger partial charge in [-0.25, -0.2) is 0 Å². The lowest BCUT2D eigenvalue weighted by atomic mass is 10.2. The van der Waals surface area contributed by atoms with Gasteiger partial charge in [-0.1, -0.05) is 0 Å². The van der Waals surface area contributed by atoms with E-state index in [4.69, 9.17) is 11.5 Å². The molecule has 0 atom stereocenters. The Kier molecular flexibility index (Phi) is 4.57. The number of anilines is 4. The van der Waals surface area contributed by atoms with Crippen molar-refractivity contribution in [1.29, 1.82) is 0 Å². The van der Waals surface area contributed by atoms with E-state index in [-0.39, 0.29) is 0 Å². The van der Waals surface area contributed by atoms with Gasteiger partial charge in [-0.05, 0) is 48.6 Å². The maximum atomic E-state index is 5.83. The van der Waals surface area contributed by atoms with Crippen molar-refractivity contribution in [3.8, 4) is 0 Å². The number of allylic oxidation sites excluding steroid dienone is 2. The molecule has 0 saturated carbocycles. The van der Waals surface area contributed by atoms with Crippen LogP contribution in [0.2, 0.25) is 0 Å². The molecule has 2 aromatic carbocycles. The minimum atomic E-state index is 0.670. The molecule has 0 aliphatic carbocycles. The zero-order chi connectivity index (χ0) is 16.8. The highest BCUT2D eigenvalue weighted by Crippen LogP contribution is 2.28. The molecule has 6 nitrogen and oxygen atoms in total. The molecule has 1 aliphatic heterocycles. The van der Waals surface area contributed by atoms with E-state index in [1.165, 1.54) is 0 Å². The molecule has 0 amide bonds. The Morgan fingerprint density at radius 3 is 1.58 bits per heavy atom. The minimum Gasteiger partial charge on any atom is -0.399 e. The van der Waals surface area contributed by atoms with Crippen LogP contribution in [0, 0.1) is 0 Å². The van der Waals surface area contributed by atoms with Crippen molar-refractivity contribution in [2.75, 3.05) is 22.1 Å². The van der Waals surface area contributed by atoms with Gasteiger partial charge in [-0.3, -0.25) is 9.98 Å². The number of hydrogen-bond donors (Lipinski definition) is 4. The van der Waals surface area contributed by atoms with Crippen LogP contribution in [0.1, 0.15) is 0 Å². The van der Waals surface area contributed by atoms with Gasteiger partial charge < -0.3 is 22.1 Å². The molecule has 0 radical (unpaired) electrons.